The third-order valence-corrected chi connectivity index (χ3v) is 3.89. The van der Waals surface area contributed by atoms with Crippen LogP contribution in [0.15, 0.2) is 28.5 Å². The predicted octanol–water partition coefficient (Wildman–Crippen LogP) is 4.04. The normalized spacial score (nSPS) is 11.0. The summed E-state index contributed by atoms with van der Waals surface area (Å²) in [6, 6.07) is 5.33. The smallest absolute Gasteiger partial charge is 0.340 e. The van der Waals surface area contributed by atoms with E-state index in [-0.39, 0.29) is 0 Å². The first-order chi connectivity index (χ1) is 10.8. The first-order valence-corrected chi connectivity index (χ1v) is 11.2. The number of benzene rings is 1. The second kappa shape index (κ2) is 8.49. The minimum Gasteiger partial charge on any atom is -0.465 e. The molecule has 0 bridgehead atoms. The average Bonchev–Trinajstić information content (AvgIpc) is 2.52. The SMILES string of the molecule is CCN(CC)N=Nc1c(C#C[Si](C)(C)C)cccc1C(=O)OC. The number of carbonyl (C=O) groups is 1. The summed E-state index contributed by atoms with van der Waals surface area (Å²) in [6.07, 6.45) is 0. The van der Waals surface area contributed by atoms with Crippen molar-refractivity contribution in [3.8, 4) is 11.5 Å². The van der Waals surface area contributed by atoms with E-state index in [4.69, 9.17) is 4.74 Å². The molecular formula is C17H25N3O2Si. The number of ether oxygens (including phenoxy) is 1. The van der Waals surface area contributed by atoms with E-state index in [1.807, 2.05) is 24.9 Å². The molecule has 0 fully saturated rings. The van der Waals surface area contributed by atoms with Gasteiger partial charge in [0.2, 0.25) is 0 Å². The molecule has 0 aromatic heterocycles. The molecule has 0 saturated carbocycles. The maximum Gasteiger partial charge on any atom is 0.340 e. The fourth-order valence-electron chi connectivity index (χ4n) is 1.74. The molecule has 5 nitrogen and oxygen atoms in total. The van der Waals surface area contributed by atoms with Gasteiger partial charge in [-0.1, -0.05) is 36.9 Å². The Morgan fingerprint density at radius 1 is 1.26 bits per heavy atom. The molecule has 0 aliphatic carbocycles. The molecule has 0 spiro atoms. The summed E-state index contributed by atoms with van der Waals surface area (Å²) in [5.74, 6) is 2.73. The fraction of sp³-hybridized carbons (Fsp3) is 0.471. The summed E-state index contributed by atoms with van der Waals surface area (Å²) in [5, 5.41) is 10.3. The van der Waals surface area contributed by atoms with Crippen molar-refractivity contribution in [3.63, 3.8) is 0 Å². The maximum absolute atomic E-state index is 12.0. The highest BCUT2D eigenvalue weighted by atomic mass is 28.3. The predicted molar refractivity (Wildman–Crippen MR) is 95.4 cm³/mol. The Labute approximate surface area is 139 Å². The number of nitrogens with zero attached hydrogens (tertiary/aromatic N) is 3. The number of hydrogen-bond donors (Lipinski definition) is 0. The Morgan fingerprint density at radius 2 is 1.91 bits per heavy atom. The van der Waals surface area contributed by atoms with Gasteiger partial charge in [-0.15, -0.1) is 10.7 Å². The zero-order valence-electron chi connectivity index (χ0n) is 14.8. The summed E-state index contributed by atoms with van der Waals surface area (Å²) >= 11 is 0. The van der Waals surface area contributed by atoms with Crippen molar-refractivity contribution < 1.29 is 9.53 Å². The third-order valence-electron chi connectivity index (χ3n) is 3.01. The molecule has 0 N–H and O–H groups in total. The van der Waals surface area contributed by atoms with Crippen molar-refractivity contribution in [1.82, 2.24) is 5.01 Å². The first-order valence-electron chi connectivity index (χ1n) is 7.73. The maximum atomic E-state index is 12.0. The van der Waals surface area contributed by atoms with Gasteiger partial charge in [0.25, 0.3) is 0 Å². The largest absolute Gasteiger partial charge is 0.465 e. The van der Waals surface area contributed by atoms with E-state index in [0.717, 1.165) is 13.1 Å². The minimum atomic E-state index is -1.53. The van der Waals surface area contributed by atoms with Gasteiger partial charge < -0.3 is 4.74 Å². The van der Waals surface area contributed by atoms with Gasteiger partial charge in [-0.3, -0.25) is 5.01 Å². The molecule has 6 heteroatoms. The Morgan fingerprint density at radius 3 is 2.43 bits per heavy atom. The fourth-order valence-corrected chi connectivity index (χ4v) is 2.25. The van der Waals surface area contributed by atoms with Crippen LogP contribution < -0.4 is 0 Å². The Hall–Kier alpha value is -2.13. The molecule has 0 heterocycles. The minimum absolute atomic E-state index is 0.380. The summed E-state index contributed by atoms with van der Waals surface area (Å²) in [4.78, 5) is 12.0. The van der Waals surface area contributed by atoms with Crippen molar-refractivity contribution in [2.24, 2.45) is 10.3 Å². The van der Waals surface area contributed by atoms with Gasteiger partial charge in [0.05, 0.1) is 18.2 Å². The van der Waals surface area contributed by atoms with E-state index in [2.05, 4.69) is 41.4 Å². The van der Waals surface area contributed by atoms with Crippen molar-refractivity contribution in [3.05, 3.63) is 29.3 Å². The van der Waals surface area contributed by atoms with E-state index in [1.54, 1.807) is 12.1 Å². The average molecular weight is 331 g/mol. The van der Waals surface area contributed by atoms with Crippen LogP contribution in [0.4, 0.5) is 5.69 Å². The van der Waals surface area contributed by atoms with Crippen molar-refractivity contribution in [2.45, 2.75) is 33.5 Å². The Balaban J connectivity index is 3.40. The van der Waals surface area contributed by atoms with Crippen LogP contribution in [0, 0.1) is 11.5 Å². The van der Waals surface area contributed by atoms with Crippen LogP contribution in [-0.2, 0) is 4.74 Å². The lowest BCUT2D eigenvalue weighted by atomic mass is 10.1. The van der Waals surface area contributed by atoms with Gasteiger partial charge >= 0.3 is 5.97 Å². The number of esters is 1. The molecule has 0 aliphatic rings. The number of rotatable bonds is 5. The van der Waals surface area contributed by atoms with Crippen LogP contribution in [0.1, 0.15) is 29.8 Å². The van der Waals surface area contributed by atoms with Gasteiger partial charge in [-0.25, -0.2) is 4.79 Å². The second-order valence-corrected chi connectivity index (χ2v) is 10.8. The Bertz CT molecular complexity index is 635. The molecule has 0 aliphatic heterocycles. The zero-order chi connectivity index (χ0) is 17.5. The molecule has 124 valence electrons. The van der Waals surface area contributed by atoms with Crippen LogP contribution in [0.3, 0.4) is 0 Å². The molecule has 1 aromatic rings. The molecule has 1 rings (SSSR count). The summed E-state index contributed by atoms with van der Waals surface area (Å²) < 4.78 is 4.84. The van der Waals surface area contributed by atoms with Crippen molar-refractivity contribution in [2.75, 3.05) is 20.2 Å². The molecule has 0 amide bonds. The van der Waals surface area contributed by atoms with E-state index < -0.39 is 14.0 Å². The lowest BCUT2D eigenvalue weighted by Gasteiger charge is -2.12. The second-order valence-electron chi connectivity index (χ2n) is 6.02. The van der Waals surface area contributed by atoms with Crippen LogP contribution in [0.2, 0.25) is 19.6 Å². The summed E-state index contributed by atoms with van der Waals surface area (Å²) in [7, 11) is -0.179. The monoisotopic (exact) mass is 331 g/mol. The molecule has 0 atom stereocenters. The van der Waals surface area contributed by atoms with Gasteiger partial charge in [0.1, 0.15) is 13.8 Å². The Kier molecular flexibility index (Phi) is 6.98. The quantitative estimate of drug-likeness (QED) is 0.269. The summed E-state index contributed by atoms with van der Waals surface area (Å²) in [5.41, 5.74) is 4.85. The van der Waals surface area contributed by atoms with Crippen LogP contribution in [0.25, 0.3) is 0 Å². The van der Waals surface area contributed by atoms with E-state index in [1.165, 1.54) is 7.11 Å². The third kappa shape index (κ3) is 5.87. The number of carbonyl (C=O) groups excluding carboxylic acids is 1. The topological polar surface area (TPSA) is 54.3 Å². The van der Waals surface area contributed by atoms with Crippen LogP contribution in [-0.4, -0.2) is 39.3 Å². The molecule has 0 radical (unpaired) electrons. The lowest BCUT2D eigenvalue weighted by molar-refractivity contribution is 0.0601. The van der Waals surface area contributed by atoms with Gasteiger partial charge in [-0.05, 0) is 26.0 Å². The standard InChI is InChI=1S/C17H25N3O2Si/c1-7-20(8-2)19-18-16-14(12-13-23(4,5)6)10-9-11-15(16)17(21)22-3/h9-11H,7-8H2,1-6H3. The van der Waals surface area contributed by atoms with Gasteiger partial charge in [0.15, 0.2) is 0 Å². The molecule has 0 unspecified atom stereocenters. The summed E-state index contributed by atoms with van der Waals surface area (Å²) in [6.45, 7) is 12.0. The molecular weight excluding hydrogens is 306 g/mol. The van der Waals surface area contributed by atoms with Crippen LogP contribution in [0.5, 0.6) is 0 Å². The highest BCUT2D eigenvalue weighted by Gasteiger charge is 2.15. The van der Waals surface area contributed by atoms with Crippen molar-refractivity contribution >= 4 is 19.7 Å². The molecule has 0 saturated heterocycles. The van der Waals surface area contributed by atoms with Crippen molar-refractivity contribution in [1.29, 1.82) is 0 Å². The van der Waals surface area contributed by atoms with E-state index in [0.29, 0.717) is 16.8 Å². The van der Waals surface area contributed by atoms with E-state index >= 15 is 0 Å². The van der Waals surface area contributed by atoms with Gasteiger partial charge in [0, 0.05) is 13.1 Å². The number of hydrogen-bond acceptors (Lipinski definition) is 4. The first kappa shape index (κ1) is 18.9. The number of methoxy groups -OCH3 is 1. The highest BCUT2D eigenvalue weighted by molar-refractivity contribution is 6.83. The molecule has 1 aromatic carbocycles. The lowest BCUT2D eigenvalue weighted by Crippen LogP contribution is -2.16. The molecule has 23 heavy (non-hydrogen) atoms. The zero-order valence-corrected chi connectivity index (χ0v) is 15.8. The van der Waals surface area contributed by atoms with Gasteiger partial charge in [-0.2, -0.15) is 0 Å². The van der Waals surface area contributed by atoms with E-state index in [9.17, 15) is 4.79 Å². The van der Waals surface area contributed by atoms with Crippen LogP contribution >= 0.6 is 0 Å². The highest BCUT2D eigenvalue weighted by Crippen LogP contribution is 2.25.